The Hall–Kier alpha value is -2.51. The van der Waals surface area contributed by atoms with Crippen molar-refractivity contribution in [2.75, 3.05) is 23.7 Å². The predicted octanol–water partition coefficient (Wildman–Crippen LogP) is 3.90. The average Bonchev–Trinajstić information content (AvgIpc) is 3.30. The molecule has 2 unspecified atom stereocenters. The molecule has 0 spiro atoms. The summed E-state index contributed by atoms with van der Waals surface area (Å²) in [6.45, 7) is 4.14. The minimum absolute atomic E-state index is 0.131. The number of Topliss-reactive ketones (excluding diaryl/α,β-unsaturated/α-hetero) is 1. The van der Waals surface area contributed by atoms with E-state index >= 15 is 0 Å². The number of fused-ring (bicyclic) bond motifs is 4. The number of nitrogen functional groups attached to an aromatic ring is 1. The number of nitrogens with one attached hydrogen (secondary N) is 1. The van der Waals surface area contributed by atoms with Gasteiger partial charge in [0.25, 0.3) is 0 Å². The molecule has 1 aliphatic carbocycles. The first-order valence-electron chi connectivity index (χ1n) is 11.7. The number of carbonyl (C=O) groups is 1. The van der Waals surface area contributed by atoms with Crippen LogP contribution in [0.5, 0.6) is 0 Å². The molecule has 166 valence electrons. The number of rotatable bonds is 4. The van der Waals surface area contributed by atoms with Crippen molar-refractivity contribution >= 4 is 38.8 Å². The smallest absolute Gasteiger partial charge is 0.175 e. The maximum atomic E-state index is 13.1. The number of aromatic nitrogens is 2. The van der Waals surface area contributed by atoms with Crippen LogP contribution in [0.3, 0.4) is 0 Å². The van der Waals surface area contributed by atoms with Gasteiger partial charge in [-0.3, -0.25) is 4.79 Å². The van der Waals surface area contributed by atoms with E-state index < -0.39 is 0 Å². The molecule has 0 amide bonds. The number of piperazine rings is 1. The summed E-state index contributed by atoms with van der Waals surface area (Å²) in [7, 11) is 0. The van der Waals surface area contributed by atoms with E-state index in [0.717, 1.165) is 42.9 Å². The second kappa shape index (κ2) is 7.81. The summed E-state index contributed by atoms with van der Waals surface area (Å²) in [5.41, 5.74) is 12.5. The topological polar surface area (TPSA) is 84.1 Å². The van der Waals surface area contributed by atoms with E-state index in [1.165, 1.54) is 41.0 Å². The average molecular weight is 448 g/mol. The van der Waals surface area contributed by atoms with Crippen LogP contribution in [0, 0.1) is 12.8 Å². The molecular weight excluding hydrogens is 418 g/mol. The third-order valence-corrected chi connectivity index (χ3v) is 8.52. The highest BCUT2D eigenvalue weighted by Gasteiger charge is 2.32. The molecule has 7 heteroatoms. The first-order chi connectivity index (χ1) is 15.5. The highest BCUT2D eigenvalue weighted by molar-refractivity contribution is 7.21. The summed E-state index contributed by atoms with van der Waals surface area (Å²) >= 11 is 1.38. The Labute approximate surface area is 192 Å². The highest BCUT2D eigenvalue weighted by Crippen LogP contribution is 2.36. The largest absolute Gasteiger partial charge is 0.396 e. The zero-order valence-corrected chi connectivity index (χ0v) is 19.3. The fraction of sp³-hybridized carbons (Fsp3) is 0.480. The van der Waals surface area contributed by atoms with Crippen LogP contribution < -0.4 is 16.0 Å². The van der Waals surface area contributed by atoms with Gasteiger partial charge < -0.3 is 16.0 Å². The Bertz CT molecular complexity index is 1190. The molecule has 4 heterocycles. The molecular formula is C25H29N5OS. The number of thiophene rings is 1. The van der Waals surface area contributed by atoms with E-state index in [2.05, 4.69) is 38.4 Å². The van der Waals surface area contributed by atoms with Gasteiger partial charge in [-0.2, -0.15) is 0 Å². The number of nitrogens with two attached hydrogens (primary N) is 1. The Morgan fingerprint density at radius 2 is 2.03 bits per heavy atom. The maximum absolute atomic E-state index is 13.1. The first kappa shape index (κ1) is 20.1. The molecule has 2 fully saturated rings. The molecule has 3 atom stereocenters. The minimum Gasteiger partial charge on any atom is -0.396 e. The van der Waals surface area contributed by atoms with Crippen LogP contribution in [0.2, 0.25) is 0 Å². The molecule has 2 saturated heterocycles. The van der Waals surface area contributed by atoms with Crippen molar-refractivity contribution in [2.45, 2.75) is 57.5 Å². The second-order valence-corrected chi connectivity index (χ2v) is 10.7. The summed E-state index contributed by atoms with van der Waals surface area (Å²) in [6.07, 6.45) is 7.92. The van der Waals surface area contributed by atoms with Crippen LogP contribution in [0.25, 0.3) is 10.3 Å². The Balaban J connectivity index is 1.16. The molecule has 2 bridgehead atoms. The summed E-state index contributed by atoms with van der Waals surface area (Å²) in [6, 6.07) is 8.29. The van der Waals surface area contributed by atoms with E-state index in [1.807, 2.05) is 6.92 Å². The lowest BCUT2D eigenvalue weighted by molar-refractivity contribution is 0.0962. The van der Waals surface area contributed by atoms with Gasteiger partial charge in [0.2, 0.25) is 0 Å². The Kier molecular flexibility index (Phi) is 4.91. The van der Waals surface area contributed by atoms with Crippen LogP contribution in [-0.4, -0.2) is 40.9 Å². The van der Waals surface area contributed by atoms with Gasteiger partial charge in [-0.25, -0.2) is 9.97 Å². The number of aryl methyl sites for hydroxylation is 2. The second-order valence-electron chi connectivity index (χ2n) is 9.74. The highest BCUT2D eigenvalue weighted by atomic mass is 32.1. The lowest BCUT2D eigenvalue weighted by Gasteiger charge is -2.35. The fourth-order valence-electron chi connectivity index (χ4n) is 5.73. The van der Waals surface area contributed by atoms with Crippen molar-refractivity contribution < 1.29 is 4.79 Å². The number of hydrogen-bond donors (Lipinski definition) is 2. The molecule has 6 rings (SSSR count). The third-order valence-electron chi connectivity index (χ3n) is 7.39. The van der Waals surface area contributed by atoms with Gasteiger partial charge in [-0.1, -0.05) is 6.07 Å². The summed E-state index contributed by atoms with van der Waals surface area (Å²) in [5, 5.41) is 3.72. The lowest BCUT2D eigenvalue weighted by atomic mass is 9.81. The molecule has 6 nitrogen and oxygen atoms in total. The van der Waals surface area contributed by atoms with Gasteiger partial charge in [0.1, 0.15) is 10.3 Å². The Morgan fingerprint density at radius 1 is 1.22 bits per heavy atom. The summed E-state index contributed by atoms with van der Waals surface area (Å²) in [4.78, 5) is 25.9. The van der Waals surface area contributed by atoms with E-state index in [9.17, 15) is 4.79 Å². The van der Waals surface area contributed by atoms with Crippen LogP contribution >= 0.6 is 11.3 Å². The number of benzene rings is 1. The van der Waals surface area contributed by atoms with Gasteiger partial charge in [0, 0.05) is 43.5 Å². The molecule has 3 aromatic rings. The number of nitrogens with zero attached hydrogens (tertiary/aromatic N) is 3. The molecule has 3 N–H and O–H groups in total. The van der Waals surface area contributed by atoms with Crippen molar-refractivity contribution in [1.29, 1.82) is 0 Å². The monoisotopic (exact) mass is 447 g/mol. The van der Waals surface area contributed by atoms with E-state index in [4.69, 9.17) is 5.73 Å². The normalized spacial score (nSPS) is 24.7. The number of hydrogen-bond acceptors (Lipinski definition) is 7. The van der Waals surface area contributed by atoms with Crippen LogP contribution in [0.4, 0.5) is 11.4 Å². The van der Waals surface area contributed by atoms with E-state index in [-0.39, 0.29) is 5.78 Å². The van der Waals surface area contributed by atoms with Crippen molar-refractivity contribution in [3.05, 3.63) is 46.1 Å². The van der Waals surface area contributed by atoms with Gasteiger partial charge >= 0.3 is 0 Å². The quantitative estimate of drug-likeness (QED) is 0.590. The third kappa shape index (κ3) is 3.57. The van der Waals surface area contributed by atoms with Gasteiger partial charge in [0.05, 0.1) is 16.3 Å². The molecule has 0 radical (unpaired) electrons. The molecule has 2 aliphatic heterocycles. The van der Waals surface area contributed by atoms with Gasteiger partial charge in [-0.15, -0.1) is 11.3 Å². The van der Waals surface area contributed by atoms with Crippen molar-refractivity contribution in [3.8, 4) is 0 Å². The van der Waals surface area contributed by atoms with Gasteiger partial charge in [0.15, 0.2) is 5.78 Å². The standard InChI is InChI=1S/C25H29N5OS/c1-14-11-27-23-22(26)24(32-25(23)28-14)21(31)9-15-2-3-17-10-20(7-4-16(17)8-15)30-12-18-5-6-19(13-30)29-18/h4,7,10-11,15,18-19,29H,2-3,5-6,8-9,12-13,26H2,1H3/t15-,18?,19?/m1/s1. The van der Waals surface area contributed by atoms with E-state index in [1.54, 1.807) is 6.20 Å². The molecule has 32 heavy (non-hydrogen) atoms. The maximum Gasteiger partial charge on any atom is 0.175 e. The van der Waals surface area contributed by atoms with Crippen molar-refractivity contribution in [1.82, 2.24) is 15.3 Å². The van der Waals surface area contributed by atoms with Gasteiger partial charge in [-0.05, 0) is 68.2 Å². The van der Waals surface area contributed by atoms with Crippen LogP contribution in [-0.2, 0) is 12.8 Å². The zero-order valence-electron chi connectivity index (χ0n) is 18.4. The zero-order chi connectivity index (χ0) is 21.8. The van der Waals surface area contributed by atoms with Crippen molar-refractivity contribution in [2.24, 2.45) is 5.92 Å². The summed E-state index contributed by atoms with van der Waals surface area (Å²) in [5.74, 6) is 0.495. The first-order valence-corrected chi connectivity index (χ1v) is 12.5. The molecule has 0 saturated carbocycles. The number of anilines is 2. The minimum atomic E-state index is 0.131. The van der Waals surface area contributed by atoms with Crippen LogP contribution in [0.15, 0.2) is 24.4 Å². The van der Waals surface area contributed by atoms with Crippen molar-refractivity contribution in [3.63, 3.8) is 0 Å². The van der Waals surface area contributed by atoms with E-state index in [0.29, 0.717) is 40.5 Å². The SMILES string of the molecule is Cc1cnc2c(N)c(C(=O)C[C@@H]3CCc4cc(N5CC6CCC(C5)N6)ccc4C3)sc2n1. The molecule has 2 aromatic heterocycles. The summed E-state index contributed by atoms with van der Waals surface area (Å²) < 4.78 is 0. The molecule has 3 aliphatic rings. The fourth-order valence-corrected chi connectivity index (χ4v) is 6.77. The lowest BCUT2D eigenvalue weighted by Crippen LogP contribution is -2.51. The predicted molar refractivity (Wildman–Crippen MR) is 130 cm³/mol. The number of carbonyl (C=O) groups excluding carboxylic acids is 1. The number of ketones is 1. The molecule has 1 aromatic carbocycles. The Morgan fingerprint density at radius 3 is 2.84 bits per heavy atom. The van der Waals surface area contributed by atoms with Crippen LogP contribution in [0.1, 0.15) is 52.2 Å².